The Hall–Kier alpha value is -4.06. The summed E-state index contributed by atoms with van der Waals surface area (Å²) in [6.45, 7) is 6.29. The van der Waals surface area contributed by atoms with Crippen molar-refractivity contribution in [2.24, 2.45) is 5.92 Å². The molecule has 2 heterocycles. The van der Waals surface area contributed by atoms with Crippen LogP contribution in [0.1, 0.15) is 49.4 Å². The third-order valence-corrected chi connectivity index (χ3v) is 6.38. The van der Waals surface area contributed by atoms with Crippen LogP contribution in [0.2, 0.25) is 0 Å². The van der Waals surface area contributed by atoms with Crippen LogP contribution in [0.15, 0.2) is 64.4 Å². The second-order valence-electron chi connectivity index (χ2n) is 8.99. The Morgan fingerprint density at radius 3 is 2.59 bits per heavy atom. The molecule has 1 atom stereocenters. The lowest BCUT2D eigenvalue weighted by Gasteiger charge is -2.09. The molecule has 1 N–H and O–H groups in total. The van der Waals surface area contributed by atoms with Gasteiger partial charge in [-0.15, -0.1) is 15.3 Å². The predicted molar refractivity (Wildman–Crippen MR) is 138 cm³/mol. The van der Waals surface area contributed by atoms with E-state index in [4.69, 9.17) is 4.42 Å². The van der Waals surface area contributed by atoms with Crippen molar-refractivity contribution in [3.8, 4) is 0 Å². The van der Waals surface area contributed by atoms with E-state index in [0.29, 0.717) is 28.5 Å². The lowest BCUT2D eigenvalue weighted by molar-refractivity contribution is -0.383. The van der Waals surface area contributed by atoms with Crippen LogP contribution < -0.4 is 5.32 Å². The highest BCUT2D eigenvalue weighted by Crippen LogP contribution is 2.28. The van der Waals surface area contributed by atoms with E-state index in [1.165, 1.54) is 40.2 Å². The second-order valence-corrected chi connectivity index (χ2v) is 9.91. The number of carbonyl (C=O) groups is 1. The zero-order chi connectivity index (χ0) is 26.4. The topological polar surface area (TPSA) is 142 Å². The number of hydrogen-bond donors (Lipinski definition) is 1. The molecule has 12 heteroatoms. The summed E-state index contributed by atoms with van der Waals surface area (Å²) in [6.07, 6.45) is 2.67. The van der Waals surface area contributed by atoms with Gasteiger partial charge in [-0.25, -0.2) is 4.68 Å². The number of benzene rings is 2. The van der Waals surface area contributed by atoms with Crippen LogP contribution in [0.5, 0.6) is 0 Å². The number of anilines is 1. The average Bonchev–Trinajstić information content (AvgIpc) is 3.52. The van der Waals surface area contributed by atoms with Crippen LogP contribution in [-0.2, 0) is 23.5 Å². The first-order valence-electron chi connectivity index (χ1n) is 11.8. The minimum absolute atomic E-state index is 0.0326. The number of amides is 1. The molecule has 4 aromatic rings. The number of nitro groups is 1. The molecule has 0 saturated heterocycles. The maximum atomic E-state index is 12.3. The van der Waals surface area contributed by atoms with Crippen molar-refractivity contribution in [2.45, 2.75) is 50.6 Å². The summed E-state index contributed by atoms with van der Waals surface area (Å²) in [6, 6.07) is 14.4. The van der Waals surface area contributed by atoms with Gasteiger partial charge in [-0.05, 0) is 36.5 Å². The average molecular weight is 522 g/mol. The van der Waals surface area contributed by atoms with Gasteiger partial charge in [0.05, 0.1) is 16.5 Å². The quantitative estimate of drug-likeness (QED) is 0.166. The summed E-state index contributed by atoms with van der Waals surface area (Å²) >= 11 is 1.32. The molecule has 0 radical (unpaired) electrons. The normalized spacial score (nSPS) is 12.0. The van der Waals surface area contributed by atoms with E-state index in [1.54, 1.807) is 12.3 Å². The van der Waals surface area contributed by atoms with Gasteiger partial charge < -0.3 is 9.73 Å². The summed E-state index contributed by atoms with van der Waals surface area (Å²) in [5, 5.41) is 30.4. The van der Waals surface area contributed by atoms with Crippen LogP contribution in [0.4, 0.5) is 11.4 Å². The fourth-order valence-corrected chi connectivity index (χ4v) is 4.35. The molecule has 4 rings (SSSR count). The summed E-state index contributed by atoms with van der Waals surface area (Å²) in [4.78, 5) is 22.9. The number of aromatic nitrogens is 5. The van der Waals surface area contributed by atoms with Crippen LogP contribution in [-0.4, -0.2) is 36.0 Å². The number of nitro benzene ring substituents is 1. The van der Waals surface area contributed by atoms with Crippen molar-refractivity contribution in [1.82, 2.24) is 25.2 Å². The van der Waals surface area contributed by atoms with Gasteiger partial charge in [0.2, 0.25) is 11.8 Å². The number of thioether (sulfide) groups is 1. The summed E-state index contributed by atoms with van der Waals surface area (Å²) < 4.78 is 7.22. The largest absolute Gasteiger partial charge is 0.415 e. The van der Waals surface area contributed by atoms with Crippen LogP contribution in [0.3, 0.4) is 0 Å². The Bertz CT molecular complexity index is 1370. The standard InChI is InChI=1S/C25H27N7O4S/c1-16(2)12-18-8-10-19(11-9-18)17(3)24-28-29-25(36-24)37-15-20-13-31(30-27-20)14-23(33)26-21-6-4-5-7-22(21)32(34)35/h4-11,13,16-17H,12,14-15H2,1-3H3,(H,26,33). The number of hydrogen-bond acceptors (Lipinski definition) is 9. The highest BCUT2D eigenvalue weighted by Gasteiger charge is 2.18. The van der Waals surface area contributed by atoms with E-state index in [2.05, 4.69) is 63.9 Å². The minimum Gasteiger partial charge on any atom is -0.415 e. The maximum Gasteiger partial charge on any atom is 0.292 e. The van der Waals surface area contributed by atoms with Crippen molar-refractivity contribution < 1.29 is 14.1 Å². The van der Waals surface area contributed by atoms with Gasteiger partial charge in [-0.3, -0.25) is 14.9 Å². The first kappa shape index (κ1) is 26.0. The Balaban J connectivity index is 1.30. The van der Waals surface area contributed by atoms with E-state index in [9.17, 15) is 14.9 Å². The summed E-state index contributed by atoms with van der Waals surface area (Å²) in [7, 11) is 0. The molecule has 2 aromatic heterocycles. The lowest BCUT2D eigenvalue weighted by atomic mass is 9.97. The first-order valence-corrected chi connectivity index (χ1v) is 12.7. The van der Waals surface area contributed by atoms with Gasteiger partial charge in [0.15, 0.2) is 0 Å². The molecule has 0 bridgehead atoms. The van der Waals surface area contributed by atoms with E-state index < -0.39 is 10.8 Å². The number of rotatable bonds is 11. The monoisotopic (exact) mass is 521 g/mol. The van der Waals surface area contributed by atoms with Crippen molar-refractivity contribution in [2.75, 3.05) is 5.32 Å². The molecule has 0 aliphatic rings. The fourth-order valence-electron chi connectivity index (χ4n) is 3.70. The van der Waals surface area contributed by atoms with Gasteiger partial charge in [-0.2, -0.15) is 0 Å². The zero-order valence-corrected chi connectivity index (χ0v) is 21.5. The minimum atomic E-state index is -0.548. The molecule has 1 amide bonds. The van der Waals surface area contributed by atoms with Crippen LogP contribution in [0, 0.1) is 16.0 Å². The fraction of sp³-hybridized carbons (Fsp3) is 0.320. The molecule has 0 spiro atoms. The van der Waals surface area contributed by atoms with Crippen molar-refractivity contribution in [3.63, 3.8) is 0 Å². The van der Waals surface area contributed by atoms with Crippen molar-refractivity contribution in [3.05, 3.63) is 87.6 Å². The predicted octanol–water partition coefficient (Wildman–Crippen LogP) is 4.85. The number of para-hydroxylation sites is 2. The lowest BCUT2D eigenvalue weighted by Crippen LogP contribution is -2.19. The van der Waals surface area contributed by atoms with E-state index >= 15 is 0 Å². The summed E-state index contributed by atoms with van der Waals surface area (Å²) in [5.74, 6) is 1.08. The SMILES string of the molecule is CC(C)Cc1ccc(C(C)c2nnc(SCc3cn(CC(=O)Nc4ccccc4[N+](=O)[O-])nn3)o2)cc1. The molecule has 2 aromatic carbocycles. The van der Waals surface area contributed by atoms with Gasteiger partial charge in [-0.1, -0.05) is 67.2 Å². The maximum absolute atomic E-state index is 12.3. The van der Waals surface area contributed by atoms with Gasteiger partial charge in [0.1, 0.15) is 12.2 Å². The first-order chi connectivity index (χ1) is 17.8. The molecule has 0 saturated carbocycles. The second kappa shape index (κ2) is 11.8. The molecule has 1 unspecified atom stereocenters. The number of nitrogens with one attached hydrogen (secondary N) is 1. The van der Waals surface area contributed by atoms with Crippen molar-refractivity contribution >= 4 is 29.0 Å². The molecule has 0 aliphatic carbocycles. The van der Waals surface area contributed by atoms with Crippen molar-refractivity contribution in [1.29, 1.82) is 0 Å². The Morgan fingerprint density at radius 1 is 1.11 bits per heavy atom. The van der Waals surface area contributed by atoms with E-state index in [1.807, 2.05) is 6.92 Å². The smallest absolute Gasteiger partial charge is 0.292 e. The Morgan fingerprint density at radius 2 is 1.86 bits per heavy atom. The van der Waals surface area contributed by atoms with E-state index in [0.717, 1.165) is 12.0 Å². The van der Waals surface area contributed by atoms with Crippen LogP contribution in [0.25, 0.3) is 0 Å². The molecule has 0 aliphatic heterocycles. The third-order valence-electron chi connectivity index (χ3n) is 5.53. The third kappa shape index (κ3) is 7.00. The van der Waals surface area contributed by atoms with Crippen LogP contribution >= 0.6 is 11.8 Å². The number of nitrogens with zero attached hydrogens (tertiary/aromatic N) is 6. The van der Waals surface area contributed by atoms with Gasteiger partial charge >= 0.3 is 0 Å². The number of carbonyl (C=O) groups excluding carboxylic acids is 1. The molecule has 11 nitrogen and oxygen atoms in total. The molecule has 192 valence electrons. The zero-order valence-electron chi connectivity index (χ0n) is 20.7. The summed E-state index contributed by atoms with van der Waals surface area (Å²) in [5.41, 5.74) is 2.98. The molecule has 37 heavy (non-hydrogen) atoms. The van der Waals surface area contributed by atoms with Gasteiger partial charge in [0.25, 0.3) is 10.9 Å². The Kier molecular flexibility index (Phi) is 8.29. The molecule has 0 fully saturated rings. The van der Waals surface area contributed by atoms with E-state index in [-0.39, 0.29) is 23.8 Å². The highest BCUT2D eigenvalue weighted by atomic mass is 32.2. The molecular weight excluding hydrogens is 494 g/mol. The Labute approximate surface area is 217 Å². The highest BCUT2D eigenvalue weighted by molar-refractivity contribution is 7.98. The molecular formula is C25H27N7O4S. The van der Waals surface area contributed by atoms with Gasteiger partial charge in [0, 0.05) is 18.0 Å².